The predicted molar refractivity (Wildman–Crippen MR) is 116 cm³/mol. The highest BCUT2D eigenvalue weighted by Crippen LogP contribution is 2.32. The van der Waals surface area contributed by atoms with E-state index in [2.05, 4.69) is 47.2 Å². The second kappa shape index (κ2) is 6.61. The molecule has 5 rings (SSSR count). The molecule has 0 radical (unpaired) electrons. The van der Waals surface area contributed by atoms with Gasteiger partial charge >= 0.3 is 5.63 Å². The zero-order valence-electron chi connectivity index (χ0n) is 14.3. The van der Waals surface area contributed by atoms with Crippen molar-refractivity contribution in [3.05, 3.63) is 67.4 Å². The number of aromatic nitrogens is 4. The van der Waals surface area contributed by atoms with Crippen LogP contribution >= 0.6 is 43.2 Å². The average molecular weight is 518 g/mol. The molecule has 0 unspecified atom stereocenters. The summed E-state index contributed by atoms with van der Waals surface area (Å²) in [6.07, 6.45) is 0. The Morgan fingerprint density at radius 3 is 2.64 bits per heavy atom. The van der Waals surface area contributed by atoms with Crippen molar-refractivity contribution in [2.75, 3.05) is 0 Å². The number of rotatable bonds is 2. The van der Waals surface area contributed by atoms with E-state index in [0.29, 0.717) is 31.4 Å². The molecule has 0 spiro atoms. The van der Waals surface area contributed by atoms with Crippen LogP contribution in [-0.4, -0.2) is 19.8 Å². The first kappa shape index (κ1) is 17.7. The van der Waals surface area contributed by atoms with Gasteiger partial charge in [0.25, 0.3) is 0 Å². The molecule has 0 saturated heterocycles. The second-order valence-corrected chi connectivity index (χ2v) is 8.97. The third-order valence-electron chi connectivity index (χ3n) is 4.28. The Balaban J connectivity index is 1.69. The van der Waals surface area contributed by atoms with Crippen LogP contribution in [0.4, 0.5) is 0 Å². The van der Waals surface area contributed by atoms with Crippen LogP contribution < -0.4 is 5.63 Å². The summed E-state index contributed by atoms with van der Waals surface area (Å²) in [5.74, 6) is 0.633. The minimum atomic E-state index is -0.447. The van der Waals surface area contributed by atoms with Gasteiger partial charge in [0.2, 0.25) is 4.96 Å². The lowest BCUT2D eigenvalue weighted by molar-refractivity contribution is 0.561. The summed E-state index contributed by atoms with van der Waals surface area (Å²) in [4.78, 5) is 13.2. The topological polar surface area (TPSA) is 73.3 Å². The van der Waals surface area contributed by atoms with Gasteiger partial charge in [0, 0.05) is 15.4 Å². The van der Waals surface area contributed by atoms with Crippen LogP contribution in [0.2, 0.25) is 0 Å². The van der Waals surface area contributed by atoms with Crippen molar-refractivity contribution in [3.63, 3.8) is 0 Å². The Kier molecular flexibility index (Phi) is 4.18. The summed E-state index contributed by atoms with van der Waals surface area (Å²) < 4.78 is 8.78. The van der Waals surface area contributed by atoms with Gasteiger partial charge in [-0.25, -0.2) is 4.79 Å². The molecule has 0 amide bonds. The van der Waals surface area contributed by atoms with E-state index in [1.165, 1.54) is 11.3 Å². The predicted octanol–water partition coefficient (Wildman–Crippen LogP) is 5.46. The molecule has 3 aromatic heterocycles. The SMILES string of the molecule is Cc1ccc(-c2nnc3sc(-c4cc5cc(Br)cc(Br)c5oc4=O)nn23)cc1. The molecule has 9 heteroatoms. The number of benzene rings is 2. The van der Waals surface area contributed by atoms with Crippen molar-refractivity contribution in [3.8, 4) is 22.0 Å². The molecule has 0 bridgehead atoms. The third-order valence-corrected chi connectivity index (χ3v) is 6.26. The fraction of sp³-hybridized carbons (Fsp3) is 0.0526. The Morgan fingerprint density at radius 1 is 1.07 bits per heavy atom. The molecule has 2 aromatic carbocycles. The zero-order valence-corrected chi connectivity index (χ0v) is 18.3. The van der Waals surface area contributed by atoms with Gasteiger partial charge in [0.1, 0.15) is 0 Å². The molecule has 28 heavy (non-hydrogen) atoms. The van der Waals surface area contributed by atoms with Gasteiger partial charge in [-0.05, 0) is 41.1 Å². The fourth-order valence-electron chi connectivity index (χ4n) is 2.91. The maximum Gasteiger partial charge on any atom is 0.346 e. The number of nitrogens with zero attached hydrogens (tertiary/aromatic N) is 4. The molecule has 0 aliphatic rings. The summed E-state index contributed by atoms with van der Waals surface area (Å²) in [6, 6.07) is 13.5. The van der Waals surface area contributed by atoms with Crippen LogP contribution in [0.15, 0.2) is 60.6 Å². The van der Waals surface area contributed by atoms with E-state index in [9.17, 15) is 4.79 Å². The fourth-order valence-corrected chi connectivity index (χ4v) is 5.10. The largest absolute Gasteiger partial charge is 0.421 e. The van der Waals surface area contributed by atoms with Crippen molar-refractivity contribution in [1.29, 1.82) is 0 Å². The lowest BCUT2D eigenvalue weighted by Crippen LogP contribution is -2.03. The first-order valence-corrected chi connectivity index (χ1v) is 10.6. The van der Waals surface area contributed by atoms with E-state index in [-0.39, 0.29) is 0 Å². The summed E-state index contributed by atoms with van der Waals surface area (Å²) in [5, 5.41) is 14.3. The molecular weight excluding hydrogens is 508 g/mol. The third kappa shape index (κ3) is 2.90. The first-order chi connectivity index (χ1) is 13.5. The number of aryl methyl sites for hydroxylation is 1. The molecule has 0 aliphatic carbocycles. The molecule has 5 aromatic rings. The summed E-state index contributed by atoms with van der Waals surface area (Å²) in [6.45, 7) is 2.03. The van der Waals surface area contributed by atoms with E-state index in [1.54, 1.807) is 10.6 Å². The van der Waals surface area contributed by atoms with Crippen LogP contribution in [-0.2, 0) is 0 Å². The molecule has 0 fully saturated rings. The molecule has 0 N–H and O–H groups in total. The van der Waals surface area contributed by atoms with E-state index >= 15 is 0 Å². The van der Waals surface area contributed by atoms with Crippen molar-refractivity contribution in [1.82, 2.24) is 19.8 Å². The van der Waals surface area contributed by atoms with E-state index in [0.717, 1.165) is 21.0 Å². The highest BCUT2D eigenvalue weighted by molar-refractivity contribution is 9.11. The lowest BCUT2D eigenvalue weighted by Gasteiger charge is -2.02. The monoisotopic (exact) mass is 516 g/mol. The normalized spacial score (nSPS) is 11.5. The summed E-state index contributed by atoms with van der Waals surface area (Å²) >= 11 is 8.18. The molecular formula is C19H10Br2N4O2S. The first-order valence-electron chi connectivity index (χ1n) is 8.22. The molecule has 6 nitrogen and oxygen atoms in total. The number of hydrogen-bond donors (Lipinski definition) is 0. The van der Waals surface area contributed by atoms with Gasteiger partial charge in [-0.2, -0.15) is 9.61 Å². The van der Waals surface area contributed by atoms with E-state index in [1.807, 2.05) is 43.3 Å². The minimum Gasteiger partial charge on any atom is -0.421 e. The van der Waals surface area contributed by atoms with Crippen molar-refractivity contribution < 1.29 is 4.42 Å². The quantitative estimate of drug-likeness (QED) is 0.291. The lowest BCUT2D eigenvalue weighted by atomic mass is 10.1. The van der Waals surface area contributed by atoms with Crippen LogP contribution in [0.3, 0.4) is 0 Å². The van der Waals surface area contributed by atoms with Gasteiger partial charge in [-0.15, -0.1) is 10.2 Å². The van der Waals surface area contributed by atoms with E-state index in [4.69, 9.17) is 4.42 Å². The Hall–Kier alpha value is -2.36. The Labute approximate surface area is 179 Å². The minimum absolute atomic E-state index is 0.392. The van der Waals surface area contributed by atoms with Crippen molar-refractivity contribution >= 4 is 59.1 Å². The summed E-state index contributed by atoms with van der Waals surface area (Å²) in [5.41, 5.74) is 2.52. The van der Waals surface area contributed by atoms with Crippen LogP contribution in [0.25, 0.3) is 37.9 Å². The zero-order chi connectivity index (χ0) is 19.4. The van der Waals surface area contributed by atoms with Crippen LogP contribution in [0.1, 0.15) is 5.56 Å². The molecule has 0 saturated carbocycles. The molecule has 3 heterocycles. The maximum atomic E-state index is 12.6. The van der Waals surface area contributed by atoms with Crippen LogP contribution in [0, 0.1) is 6.92 Å². The van der Waals surface area contributed by atoms with Gasteiger partial charge in [-0.3, -0.25) is 0 Å². The van der Waals surface area contributed by atoms with E-state index < -0.39 is 5.63 Å². The Morgan fingerprint density at radius 2 is 1.86 bits per heavy atom. The number of halogens is 2. The second-order valence-electron chi connectivity index (χ2n) is 6.24. The molecule has 0 aliphatic heterocycles. The molecule has 0 atom stereocenters. The average Bonchev–Trinajstić information content (AvgIpc) is 3.23. The number of hydrogen-bond acceptors (Lipinski definition) is 6. The Bertz CT molecular complexity index is 1420. The summed E-state index contributed by atoms with van der Waals surface area (Å²) in [7, 11) is 0. The van der Waals surface area contributed by atoms with Crippen molar-refractivity contribution in [2.24, 2.45) is 0 Å². The standard InChI is InChI=1S/C19H10Br2N4O2S/c1-9-2-4-10(5-3-9)16-22-23-19-25(16)24-17(28-19)13-7-11-6-12(20)8-14(21)15(11)27-18(13)26/h2-8H,1H3. The van der Waals surface area contributed by atoms with Gasteiger partial charge in [0.05, 0.1) is 10.0 Å². The maximum absolute atomic E-state index is 12.6. The van der Waals surface area contributed by atoms with Crippen molar-refractivity contribution in [2.45, 2.75) is 6.92 Å². The highest BCUT2D eigenvalue weighted by atomic mass is 79.9. The van der Waals surface area contributed by atoms with Gasteiger partial charge in [0.15, 0.2) is 16.4 Å². The van der Waals surface area contributed by atoms with Gasteiger partial charge in [-0.1, -0.05) is 57.1 Å². The molecule has 138 valence electrons. The number of fused-ring (bicyclic) bond motifs is 2. The van der Waals surface area contributed by atoms with Gasteiger partial charge < -0.3 is 4.42 Å². The highest BCUT2D eigenvalue weighted by Gasteiger charge is 2.18. The smallest absolute Gasteiger partial charge is 0.346 e. The van der Waals surface area contributed by atoms with Crippen LogP contribution in [0.5, 0.6) is 0 Å².